The van der Waals surface area contributed by atoms with Gasteiger partial charge in [0.15, 0.2) is 5.82 Å². The third kappa shape index (κ3) is 5.39. The van der Waals surface area contributed by atoms with Gasteiger partial charge in [-0.1, -0.05) is 46.3 Å². The zero-order valence-corrected chi connectivity index (χ0v) is 18.8. The minimum Gasteiger partial charge on any atom is -0.319 e. The lowest BCUT2D eigenvalue weighted by molar-refractivity contribution is 0.775. The Morgan fingerprint density at radius 3 is 2.68 bits per heavy atom. The van der Waals surface area contributed by atoms with Gasteiger partial charge in [0, 0.05) is 36.2 Å². The highest BCUT2D eigenvalue weighted by molar-refractivity contribution is 14.1. The minimum absolute atomic E-state index is 0.522. The summed E-state index contributed by atoms with van der Waals surface area (Å²) in [6.45, 7) is 0.824. The zero-order chi connectivity index (χ0) is 19.9. The fraction of sp³-hybridized carbons (Fsp3) is 0.368. The molecule has 4 rings (SSSR count). The molecule has 1 aromatic carbocycles. The van der Waals surface area contributed by atoms with Gasteiger partial charge in [0.2, 0.25) is 5.95 Å². The van der Waals surface area contributed by atoms with E-state index in [1.54, 1.807) is 0 Å². The number of H-pyrrole nitrogens is 1. The molecule has 9 heteroatoms. The summed E-state index contributed by atoms with van der Waals surface area (Å²) in [5.74, 6) is 3.22. The standard InChI is InChI=1S/C18H20ClN7.CH3I/c1-20-9-8-12-10-15(23-18-24-16(25-26-18)11-6-7-11)22-17(21-12)13-4-2-3-5-14(13)19;1-2/h2-5,10-11,20H,6-9H2,1H3,(H2,21,22,23,24,25,26);1H3. The largest absolute Gasteiger partial charge is 0.319 e. The van der Waals surface area contributed by atoms with Crippen LogP contribution in [-0.4, -0.2) is 43.7 Å². The third-order valence-electron chi connectivity index (χ3n) is 4.23. The Hall–Kier alpha value is -1.78. The predicted octanol–water partition coefficient (Wildman–Crippen LogP) is 4.35. The van der Waals surface area contributed by atoms with Crippen molar-refractivity contribution in [1.29, 1.82) is 0 Å². The summed E-state index contributed by atoms with van der Waals surface area (Å²) in [7, 11) is 1.92. The molecule has 148 valence electrons. The van der Waals surface area contributed by atoms with Crippen molar-refractivity contribution in [3.63, 3.8) is 0 Å². The summed E-state index contributed by atoms with van der Waals surface area (Å²) in [6.07, 6.45) is 3.13. The van der Waals surface area contributed by atoms with Crippen LogP contribution in [0.25, 0.3) is 11.4 Å². The van der Waals surface area contributed by atoms with Gasteiger partial charge in [0.25, 0.3) is 0 Å². The lowest BCUT2D eigenvalue weighted by Gasteiger charge is -2.09. The minimum atomic E-state index is 0.522. The Kier molecular flexibility index (Phi) is 7.57. The van der Waals surface area contributed by atoms with E-state index in [1.807, 2.05) is 42.3 Å². The van der Waals surface area contributed by atoms with Gasteiger partial charge >= 0.3 is 0 Å². The van der Waals surface area contributed by atoms with Crippen LogP contribution in [0.4, 0.5) is 11.8 Å². The van der Waals surface area contributed by atoms with E-state index in [4.69, 9.17) is 11.6 Å². The molecule has 1 aliphatic carbocycles. The van der Waals surface area contributed by atoms with Gasteiger partial charge in [-0.15, -0.1) is 5.10 Å². The molecule has 3 aromatic rings. The highest BCUT2D eigenvalue weighted by Crippen LogP contribution is 2.38. The number of alkyl halides is 1. The van der Waals surface area contributed by atoms with Crippen LogP contribution < -0.4 is 10.6 Å². The van der Waals surface area contributed by atoms with Crippen molar-refractivity contribution in [1.82, 2.24) is 30.5 Å². The first-order chi connectivity index (χ1) is 13.7. The molecule has 0 unspecified atom stereocenters. The molecule has 28 heavy (non-hydrogen) atoms. The first-order valence-electron chi connectivity index (χ1n) is 9.07. The van der Waals surface area contributed by atoms with E-state index in [0.717, 1.165) is 30.0 Å². The van der Waals surface area contributed by atoms with Crippen LogP contribution in [0.1, 0.15) is 30.3 Å². The number of rotatable bonds is 7. The number of aromatic amines is 1. The monoisotopic (exact) mass is 511 g/mol. The predicted molar refractivity (Wildman–Crippen MR) is 122 cm³/mol. The molecule has 7 nitrogen and oxygen atoms in total. The van der Waals surface area contributed by atoms with Gasteiger partial charge in [-0.2, -0.15) is 4.98 Å². The van der Waals surface area contributed by atoms with Gasteiger partial charge < -0.3 is 10.6 Å². The average Bonchev–Trinajstić information content (AvgIpc) is 3.47. The SMILES string of the molecule is CI.CNCCc1cc(Nc2n[nH]c(C3CC3)n2)nc(-c2ccccc2Cl)n1. The van der Waals surface area contributed by atoms with Crippen molar-refractivity contribution in [2.24, 2.45) is 0 Å². The van der Waals surface area contributed by atoms with Crippen LogP contribution in [0.5, 0.6) is 0 Å². The van der Waals surface area contributed by atoms with E-state index in [0.29, 0.717) is 28.5 Å². The zero-order valence-electron chi connectivity index (χ0n) is 15.8. The number of nitrogens with zero attached hydrogens (tertiary/aromatic N) is 4. The van der Waals surface area contributed by atoms with Crippen molar-refractivity contribution in [3.8, 4) is 11.4 Å². The molecule has 1 saturated carbocycles. The highest BCUT2D eigenvalue weighted by Gasteiger charge is 2.27. The highest BCUT2D eigenvalue weighted by atomic mass is 127. The first kappa shape index (κ1) is 20.9. The maximum Gasteiger partial charge on any atom is 0.247 e. The average molecular weight is 512 g/mol. The maximum absolute atomic E-state index is 6.33. The molecule has 0 bridgehead atoms. The Labute approximate surface area is 183 Å². The van der Waals surface area contributed by atoms with Gasteiger partial charge in [-0.3, -0.25) is 5.10 Å². The fourth-order valence-corrected chi connectivity index (χ4v) is 2.91. The van der Waals surface area contributed by atoms with Crippen molar-refractivity contribution in [2.75, 3.05) is 23.8 Å². The summed E-state index contributed by atoms with van der Waals surface area (Å²) >= 11 is 8.48. The molecule has 0 aliphatic heterocycles. The van der Waals surface area contributed by atoms with Crippen LogP contribution in [0, 0.1) is 0 Å². The second kappa shape index (κ2) is 10.1. The van der Waals surface area contributed by atoms with E-state index in [9.17, 15) is 0 Å². The van der Waals surface area contributed by atoms with E-state index in [1.165, 1.54) is 12.8 Å². The van der Waals surface area contributed by atoms with E-state index in [2.05, 4.69) is 58.4 Å². The number of benzene rings is 1. The van der Waals surface area contributed by atoms with Crippen LogP contribution in [0.2, 0.25) is 5.02 Å². The van der Waals surface area contributed by atoms with Crippen LogP contribution >= 0.6 is 34.2 Å². The quantitative estimate of drug-likeness (QED) is 0.323. The lowest BCUT2D eigenvalue weighted by atomic mass is 10.2. The van der Waals surface area contributed by atoms with Crippen LogP contribution in [-0.2, 0) is 6.42 Å². The molecule has 0 saturated heterocycles. The Morgan fingerprint density at radius 2 is 1.96 bits per heavy atom. The number of hydrogen-bond acceptors (Lipinski definition) is 6. The molecule has 0 radical (unpaired) electrons. The second-order valence-electron chi connectivity index (χ2n) is 6.35. The molecular formula is C19H23ClIN7. The van der Waals surface area contributed by atoms with Crippen molar-refractivity contribution in [3.05, 3.63) is 46.9 Å². The summed E-state index contributed by atoms with van der Waals surface area (Å²) in [5, 5.41) is 14.2. The number of hydrogen-bond donors (Lipinski definition) is 3. The lowest BCUT2D eigenvalue weighted by Crippen LogP contribution is -2.12. The van der Waals surface area contributed by atoms with Crippen LogP contribution in [0.3, 0.4) is 0 Å². The van der Waals surface area contributed by atoms with Gasteiger partial charge in [-0.25, -0.2) is 9.97 Å². The van der Waals surface area contributed by atoms with Gasteiger partial charge in [0.05, 0.1) is 5.02 Å². The molecule has 1 aliphatic rings. The van der Waals surface area contributed by atoms with Crippen molar-refractivity contribution < 1.29 is 0 Å². The molecule has 2 heterocycles. The first-order valence-corrected chi connectivity index (χ1v) is 11.6. The normalized spacial score (nSPS) is 13.0. The summed E-state index contributed by atoms with van der Waals surface area (Å²) in [6, 6.07) is 9.50. The van der Waals surface area contributed by atoms with Gasteiger partial charge in [0.1, 0.15) is 11.6 Å². The molecular weight excluding hydrogens is 489 g/mol. The molecule has 1 fully saturated rings. The van der Waals surface area contributed by atoms with E-state index >= 15 is 0 Å². The molecule has 0 atom stereocenters. The molecule has 0 amide bonds. The van der Waals surface area contributed by atoms with E-state index < -0.39 is 0 Å². The summed E-state index contributed by atoms with van der Waals surface area (Å²) in [4.78, 5) is 15.8. The Morgan fingerprint density at radius 1 is 1.18 bits per heavy atom. The van der Waals surface area contributed by atoms with E-state index in [-0.39, 0.29) is 0 Å². The number of aromatic nitrogens is 5. The molecule has 2 aromatic heterocycles. The number of likely N-dealkylation sites (N-methyl/N-ethyl adjacent to an activating group) is 1. The number of nitrogens with one attached hydrogen (secondary N) is 3. The number of anilines is 2. The van der Waals surface area contributed by atoms with Crippen LogP contribution in [0.15, 0.2) is 30.3 Å². The van der Waals surface area contributed by atoms with Crippen molar-refractivity contribution in [2.45, 2.75) is 25.2 Å². The molecule has 0 spiro atoms. The molecule has 3 N–H and O–H groups in total. The Balaban J connectivity index is 0.00000109. The topological polar surface area (TPSA) is 91.4 Å². The second-order valence-corrected chi connectivity index (χ2v) is 6.75. The third-order valence-corrected chi connectivity index (χ3v) is 4.56. The maximum atomic E-state index is 6.33. The van der Waals surface area contributed by atoms with Gasteiger partial charge in [-0.05, 0) is 37.0 Å². The summed E-state index contributed by atoms with van der Waals surface area (Å²) < 4.78 is 0. The Bertz CT molecular complexity index is 911. The van der Waals surface area contributed by atoms with Crippen molar-refractivity contribution >= 4 is 46.0 Å². The number of halogens is 2. The fourth-order valence-electron chi connectivity index (χ4n) is 2.69. The summed E-state index contributed by atoms with van der Waals surface area (Å²) in [5.41, 5.74) is 1.72. The smallest absolute Gasteiger partial charge is 0.247 e.